The summed E-state index contributed by atoms with van der Waals surface area (Å²) >= 11 is 0. The fourth-order valence-corrected chi connectivity index (χ4v) is 2.73. The zero-order chi connectivity index (χ0) is 13.0. The molecule has 5 nitrogen and oxygen atoms in total. The largest absolute Gasteiger partial charge is 0.339 e. The molecule has 2 heterocycles. The predicted octanol–water partition coefficient (Wildman–Crippen LogP) is 1.59. The van der Waals surface area contributed by atoms with E-state index in [1.165, 1.54) is 25.8 Å². The molecule has 1 saturated heterocycles. The number of rotatable bonds is 5. The minimum absolute atomic E-state index is 0.557. The molecule has 0 spiro atoms. The molecule has 1 unspecified atom stereocenters. The van der Waals surface area contributed by atoms with E-state index in [4.69, 9.17) is 4.52 Å². The quantitative estimate of drug-likeness (QED) is 0.862. The van der Waals surface area contributed by atoms with Crippen molar-refractivity contribution >= 4 is 0 Å². The Balaban J connectivity index is 1.97. The first-order valence-electron chi connectivity index (χ1n) is 6.92. The van der Waals surface area contributed by atoms with Crippen molar-refractivity contribution in [3.8, 4) is 0 Å². The van der Waals surface area contributed by atoms with Crippen molar-refractivity contribution in [3.63, 3.8) is 0 Å². The molecule has 102 valence electrons. The fraction of sp³-hybridized carbons (Fsp3) is 0.846. The molecule has 0 saturated carbocycles. The summed E-state index contributed by atoms with van der Waals surface area (Å²) in [4.78, 5) is 6.98. The van der Waals surface area contributed by atoms with Gasteiger partial charge in [0.2, 0.25) is 5.89 Å². The molecular formula is C13H24N4O. The molecule has 18 heavy (non-hydrogen) atoms. The van der Waals surface area contributed by atoms with Crippen LogP contribution in [0.15, 0.2) is 4.52 Å². The Kier molecular flexibility index (Phi) is 4.72. The molecular weight excluding hydrogens is 228 g/mol. The Labute approximate surface area is 109 Å². The summed E-state index contributed by atoms with van der Waals surface area (Å²) in [7, 11) is 1.89. The molecule has 1 atom stereocenters. The molecule has 0 aromatic carbocycles. The minimum atomic E-state index is 0.557. The molecule has 1 N–H and O–H groups in total. The standard InChI is InChI=1S/C13H24N4O/c1-10(2)17-7-5-4-6-11(17)8-13-15-12(9-14-3)16-18-13/h10-11,14H,4-9H2,1-3H3. The van der Waals surface area contributed by atoms with Gasteiger partial charge in [0.15, 0.2) is 5.82 Å². The van der Waals surface area contributed by atoms with E-state index in [1.807, 2.05) is 7.05 Å². The molecule has 0 bridgehead atoms. The van der Waals surface area contributed by atoms with Crippen LogP contribution in [0.25, 0.3) is 0 Å². The zero-order valence-electron chi connectivity index (χ0n) is 11.6. The van der Waals surface area contributed by atoms with E-state index < -0.39 is 0 Å². The number of nitrogens with one attached hydrogen (secondary N) is 1. The highest BCUT2D eigenvalue weighted by Gasteiger charge is 2.26. The van der Waals surface area contributed by atoms with E-state index in [0.29, 0.717) is 18.6 Å². The first-order chi connectivity index (χ1) is 8.70. The molecule has 0 aliphatic carbocycles. The normalized spacial score (nSPS) is 21.7. The summed E-state index contributed by atoms with van der Waals surface area (Å²) in [5, 5.41) is 7.01. The summed E-state index contributed by atoms with van der Waals surface area (Å²) in [5.74, 6) is 1.53. The van der Waals surface area contributed by atoms with Crippen LogP contribution in [0.3, 0.4) is 0 Å². The van der Waals surface area contributed by atoms with Crippen LogP contribution in [0, 0.1) is 0 Å². The maximum absolute atomic E-state index is 5.32. The van der Waals surface area contributed by atoms with Gasteiger partial charge >= 0.3 is 0 Å². The lowest BCUT2D eigenvalue weighted by Gasteiger charge is -2.38. The zero-order valence-corrected chi connectivity index (χ0v) is 11.6. The lowest BCUT2D eigenvalue weighted by Crippen LogP contribution is -2.45. The number of hydrogen-bond donors (Lipinski definition) is 1. The molecule has 0 amide bonds. The van der Waals surface area contributed by atoms with Gasteiger partial charge in [0.25, 0.3) is 0 Å². The third-order valence-corrected chi connectivity index (χ3v) is 3.59. The van der Waals surface area contributed by atoms with Gasteiger partial charge in [-0.15, -0.1) is 0 Å². The van der Waals surface area contributed by atoms with Crippen molar-refractivity contribution < 1.29 is 4.52 Å². The molecule has 1 fully saturated rings. The number of piperidine rings is 1. The van der Waals surface area contributed by atoms with Gasteiger partial charge in [0.1, 0.15) is 0 Å². The Morgan fingerprint density at radius 3 is 3.00 bits per heavy atom. The SMILES string of the molecule is CNCc1noc(CC2CCCCN2C(C)C)n1. The average molecular weight is 252 g/mol. The maximum Gasteiger partial charge on any atom is 0.228 e. The highest BCUT2D eigenvalue weighted by molar-refractivity contribution is 4.92. The molecule has 0 radical (unpaired) electrons. The fourth-order valence-electron chi connectivity index (χ4n) is 2.73. The van der Waals surface area contributed by atoms with E-state index >= 15 is 0 Å². The van der Waals surface area contributed by atoms with E-state index in [1.54, 1.807) is 0 Å². The van der Waals surface area contributed by atoms with Crippen molar-refractivity contribution in [3.05, 3.63) is 11.7 Å². The lowest BCUT2D eigenvalue weighted by molar-refractivity contribution is 0.105. The maximum atomic E-state index is 5.32. The van der Waals surface area contributed by atoms with Crippen molar-refractivity contribution in [2.24, 2.45) is 0 Å². The van der Waals surface area contributed by atoms with Crippen LogP contribution in [0.5, 0.6) is 0 Å². The molecule has 1 aliphatic rings. The molecule has 1 aliphatic heterocycles. The topological polar surface area (TPSA) is 54.2 Å². The van der Waals surface area contributed by atoms with Crippen molar-refractivity contribution in [1.82, 2.24) is 20.4 Å². The summed E-state index contributed by atoms with van der Waals surface area (Å²) in [6.07, 6.45) is 4.74. The Morgan fingerprint density at radius 2 is 2.28 bits per heavy atom. The van der Waals surface area contributed by atoms with Crippen molar-refractivity contribution in [2.45, 2.75) is 58.2 Å². The van der Waals surface area contributed by atoms with Gasteiger partial charge in [-0.1, -0.05) is 11.6 Å². The van der Waals surface area contributed by atoms with Crippen LogP contribution in [0.1, 0.15) is 44.8 Å². The van der Waals surface area contributed by atoms with Crippen molar-refractivity contribution in [1.29, 1.82) is 0 Å². The Morgan fingerprint density at radius 1 is 1.44 bits per heavy atom. The predicted molar refractivity (Wildman–Crippen MR) is 70.2 cm³/mol. The molecule has 2 rings (SSSR count). The lowest BCUT2D eigenvalue weighted by atomic mass is 9.98. The molecule has 1 aromatic rings. The van der Waals surface area contributed by atoms with E-state index in [9.17, 15) is 0 Å². The van der Waals surface area contributed by atoms with Gasteiger partial charge in [0.05, 0.1) is 6.54 Å². The monoisotopic (exact) mass is 252 g/mol. The second-order valence-electron chi connectivity index (χ2n) is 5.32. The van der Waals surface area contributed by atoms with Gasteiger partial charge in [0, 0.05) is 18.5 Å². The first kappa shape index (κ1) is 13.5. The van der Waals surface area contributed by atoms with Gasteiger partial charge in [-0.2, -0.15) is 4.98 Å². The van der Waals surface area contributed by atoms with Crippen LogP contribution >= 0.6 is 0 Å². The first-order valence-corrected chi connectivity index (χ1v) is 6.92. The smallest absolute Gasteiger partial charge is 0.228 e. The van der Waals surface area contributed by atoms with Crippen LogP contribution in [-0.2, 0) is 13.0 Å². The number of hydrogen-bond acceptors (Lipinski definition) is 5. The number of aromatic nitrogens is 2. The third kappa shape index (κ3) is 3.29. The van der Waals surface area contributed by atoms with Gasteiger partial charge < -0.3 is 9.84 Å². The Hall–Kier alpha value is -0.940. The van der Waals surface area contributed by atoms with E-state index in [2.05, 4.69) is 34.2 Å². The van der Waals surface area contributed by atoms with E-state index in [-0.39, 0.29) is 0 Å². The Bertz CT molecular complexity index is 364. The van der Waals surface area contributed by atoms with E-state index in [0.717, 1.165) is 18.1 Å². The summed E-state index contributed by atoms with van der Waals surface area (Å²) < 4.78 is 5.32. The summed E-state index contributed by atoms with van der Waals surface area (Å²) in [6.45, 7) is 6.39. The highest BCUT2D eigenvalue weighted by Crippen LogP contribution is 2.22. The summed E-state index contributed by atoms with van der Waals surface area (Å²) in [5.41, 5.74) is 0. The van der Waals surface area contributed by atoms with Gasteiger partial charge in [-0.3, -0.25) is 4.90 Å². The number of nitrogens with zero attached hydrogens (tertiary/aromatic N) is 3. The van der Waals surface area contributed by atoms with Gasteiger partial charge in [-0.25, -0.2) is 0 Å². The highest BCUT2D eigenvalue weighted by atomic mass is 16.5. The molecule has 5 heteroatoms. The minimum Gasteiger partial charge on any atom is -0.339 e. The third-order valence-electron chi connectivity index (χ3n) is 3.59. The van der Waals surface area contributed by atoms with Gasteiger partial charge in [-0.05, 0) is 40.3 Å². The van der Waals surface area contributed by atoms with Crippen molar-refractivity contribution in [2.75, 3.05) is 13.6 Å². The second kappa shape index (κ2) is 6.29. The average Bonchev–Trinajstić information content (AvgIpc) is 2.77. The van der Waals surface area contributed by atoms with Crippen LogP contribution in [0.4, 0.5) is 0 Å². The van der Waals surface area contributed by atoms with Crippen LogP contribution < -0.4 is 5.32 Å². The second-order valence-corrected chi connectivity index (χ2v) is 5.32. The number of likely N-dealkylation sites (tertiary alicyclic amines) is 1. The molecule has 1 aromatic heterocycles. The van der Waals surface area contributed by atoms with Crippen LogP contribution in [-0.4, -0.2) is 40.7 Å². The summed E-state index contributed by atoms with van der Waals surface area (Å²) in [6, 6.07) is 1.15. The van der Waals surface area contributed by atoms with Crippen LogP contribution in [0.2, 0.25) is 0 Å².